The Balaban J connectivity index is 2.23. The third-order valence-corrected chi connectivity index (χ3v) is 4.88. The van der Waals surface area contributed by atoms with Gasteiger partial charge in [-0.05, 0) is 31.1 Å². The number of rotatable bonds is 6. The second-order valence-electron chi connectivity index (χ2n) is 5.42. The summed E-state index contributed by atoms with van der Waals surface area (Å²) in [5.41, 5.74) is -0.00901. The Hall–Kier alpha value is -2.13. The third kappa shape index (κ3) is 4.24. The molecule has 2 amide bonds. The number of nitro benzene ring substituents is 1. The molecule has 2 rings (SSSR count). The first-order chi connectivity index (χ1) is 11.4. The number of carbonyl (C=O) groups is 2. The number of hydrogen-bond donors (Lipinski definition) is 2. The van der Waals surface area contributed by atoms with Gasteiger partial charge in [-0.2, -0.15) is 0 Å². The average Bonchev–Trinajstić information content (AvgIpc) is 2.56. The second-order valence-corrected chi connectivity index (χ2v) is 6.55. The lowest BCUT2D eigenvalue weighted by molar-refractivity contribution is -0.384. The first kappa shape index (κ1) is 18.2. The predicted molar refractivity (Wildman–Crippen MR) is 88.1 cm³/mol. The van der Waals surface area contributed by atoms with E-state index in [-0.39, 0.29) is 17.8 Å². The van der Waals surface area contributed by atoms with Crippen LogP contribution in [0.2, 0.25) is 0 Å². The molecule has 0 saturated carbocycles. The number of nitrogens with one attached hydrogen (secondary N) is 1. The van der Waals surface area contributed by atoms with E-state index in [1.165, 1.54) is 23.9 Å². The quantitative estimate of drug-likeness (QED) is 0.351. The van der Waals surface area contributed by atoms with Gasteiger partial charge in [0.1, 0.15) is 6.04 Å². The first-order valence-electron chi connectivity index (χ1n) is 7.66. The number of hydroxylamine groups is 2. The molecule has 0 bridgehead atoms. The summed E-state index contributed by atoms with van der Waals surface area (Å²) in [5.74, 6) is -0.348. The van der Waals surface area contributed by atoms with E-state index in [0.29, 0.717) is 22.8 Å². The molecule has 1 fully saturated rings. The van der Waals surface area contributed by atoms with Gasteiger partial charge in [0.15, 0.2) is 0 Å². The summed E-state index contributed by atoms with van der Waals surface area (Å²) in [7, 11) is 0. The number of carbonyl (C=O) groups excluding carboxylic acids is 2. The number of thioether (sulfide) groups is 1. The smallest absolute Gasteiger partial charge is 0.270 e. The number of hydrogen-bond acceptors (Lipinski definition) is 6. The van der Waals surface area contributed by atoms with Crippen molar-refractivity contribution in [1.82, 2.24) is 10.4 Å². The summed E-state index contributed by atoms with van der Waals surface area (Å²) >= 11 is 1.43. The van der Waals surface area contributed by atoms with E-state index in [9.17, 15) is 24.9 Å². The summed E-state index contributed by atoms with van der Waals surface area (Å²) in [6.07, 6.45) is 1.89. The number of benzene rings is 1. The van der Waals surface area contributed by atoms with E-state index >= 15 is 0 Å². The van der Waals surface area contributed by atoms with Gasteiger partial charge >= 0.3 is 0 Å². The molecule has 2 N–H and O–H groups in total. The Bertz CT molecular complexity index is 652. The van der Waals surface area contributed by atoms with Gasteiger partial charge in [0, 0.05) is 23.6 Å². The molecule has 0 spiro atoms. The minimum Gasteiger partial charge on any atom is -0.340 e. The molecular weight excluding hydrogens is 334 g/mol. The van der Waals surface area contributed by atoms with Crippen LogP contribution in [0.25, 0.3) is 0 Å². The Morgan fingerprint density at radius 3 is 2.96 bits per heavy atom. The highest BCUT2D eigenvalue weighted by Gasteiger charge is 2.30. The number of piperidine rings is 1. The van der Waals surface area contributed by atoms with Gasteiger partial charge in [-0.25, -0.2) is 5.06 Å². The lowest BCUT2D eigenvalue weighted by atomic mass is 10.1. The minimum atomic E-state index is -0.820. The molecule has 1 aromatic carbocycles. The van der Waals surface area contributed by atoms with Crippen LogP contribution in [-0.4, -0.2) is 45.3 Å². The van der Waals surface area contributed by atoms with E-state index in [0.717, 1.165) is 12.2 Å². The number of non-ortho nitro benzene ring substituents is 1. The van der Waals surface area contributed by atoms with Crippen LogP contribution >= 0.6 is 11.8 Å². The summed E-state index contributed by atoms with van der Waals surface area (Å²) in [6.45, 7) is 2.23. The van der Waals surface area contributed by atoms with Crippen molar-refractivity contribution in [3.63, 3.8) is 0 Å². The van der Waals surface area contributed by atoms with Crippen molar-refractivity contribution in [2.75, 3.05) is 12.3 Å². The van der Waals surface area contributed by atoms with Gasteiger partial charge < -0.3 is 5.32 Å². The molecule has 1 atom stereocenters. The van der Waals surface area contributed by atoms with Crippen molar-refractivity contribution >= 4 is 29.3 Å². The topological polar surface area (TPSA) is 113 Å². The standard InChI is InChI=1S/C15H19N3O5S/c1-2-8-24-13-6-5-10(18(22)23)9-11(13)14(19)16-12-4-3-7-17(21)15(12)20/h5-6,9,12,21H,2-4,7-8H2,1H3,(H,16,19). The molecule has 1 aliphatic rings. The maximum atomic E-state index is 12.5. The molecule has 9 heteroatoms. The zero-order chi connectivity index (χ0) is 17.7. The normalized spacial score (nSPS) is 17.7. The van der Waals surface area contributed by atoms with E-state index in [4.69, 9.17) is 0 Å². The summed E-state index contributed by atoms with van der Waals surface area (Å²) in [5, 5.41) is 23.6. The molecule has 1 unspecified atom stereocenters. The van der Waals surface area contributed by atoms with Crippen LogP contribution in [0.15, 0.2) is 23.1 Å². The molecule has 8 nitrogen and oxygen atoms in total. The minimum absolute atomic E-state index is 0.172. The summed E-state index contributed by atoms with van der Waals surface area (Å²) < 4.78 is 0. The van der Waals surface area contributed by atoms with Gasteiger partial charge in [-0.15, -0.1) is 11.8 Å². The van der Waals surface area contributed by atoms with Crippen LogP contribution in [-0.2, 0) is 4.79 Å². The maximum Gasteiger partial charge on any atom is 0.270 e. The fourth-order valence-corrected chi connectivity index (χ4v) is 3.27. The molecular formula is C15H19N3O5S. The van der Waals surface area contributed by atoms with Gasteiger partial charge in [0.05, 0.1) is 10.5 Å². The number of nitro groups is 1. The molecule has 0 aliphatic carbocycles. The molecule has 1 aromatic rings. The van der Waals surface area contributed by atoms with Gasteiger partial charge in [0.2, 0.25) is 0 Å². The van der Waals surface area contributed by atoms with E-state index < -0.39 is 22.8 Å². The zero-order valence-corrected chi connectivity index (χ0v) is 14.0. The molecule has 1 aliphatic heterocycles. The zero-order valence-electron chi connectivity index (χ0n) is 13.2. The highest BCUT2D eigenvalue weighted by molar-refractivity contribution is 7.99. The first-order valence-corrected chi connectivity index (χ1v) is 8.65. The maximum absolute atomic E-state index is 12.5. The third-order valence-electron chi connectivity index (χ3n) is 3.60. The van der Waals surface area contributed by atoms with Crippen molar-refractivity contribution in [3.8, 4) is 0 Å². The summed E-state index contributed by atoms with van der Waals surface area (Å²) in [6, 6.07) is 3.31. The van der Waals surface area contributed by atoms with Crippen molar-refractivity contribution in [2.24, 2.45) is 0 Å². The molecule has 24 heavy (non-hydrogen) atoms. The molecule has 0 aromatic heterocycles. The van der Waals surface area contributed by atoms with E-state index in [2.05, 4.69) is 5.32 Å². The highest BCUT2D eigenvalue weighted by atomic mass is 32.2. The highest BCUT2D eigenvalue weighted by Crippen LogP contribution is 2.27. The number of amides is 2. The second kappa shape index (κ2) is 8.11. The van der Waals surface area contributed by atoms with Crippen LogP contribution in [0.1, 0.15) is 36.5 Å². The Morgan fingerprint density at radius 1 is 1.54 bits per heavy atom. The molecule has 130 valence electrons. The fraction of sp³-hybridized carbons (Fsp3) is 0.467. The van der Waals surface area contributed by atoms with Crippen LogP contribution in [0, 0.1) is 10.1 Å². The average molecular weight is 353 g/mol. The van der Waals surface area contributed by atoms with Crippen LogP contribution in [0.3, 0.4) is 0 Å². The van der Waals surface area contributed by atoms with Crippen LogP contribution < -0.4 is 5.32 Å². The van der Waals surface area contributed by atoms with Gasteiger partial charge in [0.25, 0.3) is 17.5 Å². The largest absolute Gasteiger partial charge is 0.340 e. The Morgan fingerprint density at radius 2 is 2.29 bits per heavy atom. The lowest BCUT2D eigenvalue weighted by Gasteiger charge is -2.28. The SMILES string of the molecule is CCCSc1ccc([N+](=O)[O-])cc1C(=O)NC1CCCN(O)C1=O. The molecule has 1 saturated heterocycles. The monoisotopic (exact) mass is 353 g/mol. The predicted octanol–water partition coefficient (Wildman–Crippen LogP) is 2.21. The van der Waals surface area contributed by atoms with Crippen molar-refractivity contribution < 1.29 is 19.7 Å². The fourth-order valence-electron chi connectivity index (χ4n) is 2.38. The van der Waals surface area contributed by atoms with Crippen LogP contribution in [0.5, 0.6) is 0 Å². The lowest BCUT2D eigenvalue weighted by Crippen LogP contribution is -2.51. The summed E-state index contributed by atoms with van der Waals surface area (Å²) in [4.78, 5) is 35.4. The van der Waals surface area contributed by atoms with Crippen molar-refractivity contribution in [2.45, 2.75) is 37.1 Å². The molecule has 0 radical (unpaired) electrons. The number of nitrogens with zero attached hydrogens (tertiary/aromatic N) is 2. The Labute approximate surface area is 143 Å². The van der Waals surface area contributed by atoms with Gasteiger partial charge in [-0.3, -0.25) is 24.9 Å². The van der Waals surface area contributed by atoms with E-state index in [1.807, 2.05) is 6.92 Å². The molecule has 1 heterocycles. The van der Waals surface area contributed by atoms with Crippen molar-refractivity contribution in [1.29, 1.82) is 0 Å². The Kier molecular flexibility index (Phi) is 6.16. The van der Waals surface area contributed by atoms with Crippen LogP contribution in [0.4, 0.5) is 5.69 Å². The van der Waals surface area contributed by atoms with Gasteiger partial charge in [-0.1, -0.05) is 6.92 Å². The van der Waals surface area contributed by atoms with E-state index in [1.54, 1.807) is 6.07 Å². The van der Waals surface area contributed by atoms with Crippen molar-refractivity contribution in [3.05, 3.63) is 33.9 Å².